The van der Waals surface area contributed by atoms with Crippen LogP contribution in [0.2, 0.25) is 0 Å². The maximum Gasteiger partial charge on any atom is 0.348 e. The second-order valence-electron chi connectivity index (χ2n) is 6.04. The third-order valence-electron chi connectivity index (χ3n) is 3.64. The first kappa shape index (κ1) is 16.8. The summed E-state index contributed by atoms with van der Waals surface area (Å²) in [5.41, 5.74) is 1.41. The molecule has 0 bridgehead atoms. The Balaban J connectivity index is 1.92. The molecule has 1 saturated heterocycles. The van der Waals surface area contributed by atoms with E-state index in [-0.39, 0.29) is 5.57 Å². The van der Waals surface area contributed by atoms with Crippen LogP contribution in [0.4, 0.5) is 0 Å². The molecule has 2 aromatic rings. The minimum atomic E-state index is -1.25. The van der Waals surface area contributed by atoms with E-state index in [1.807, 2.05) is 16.8 Å². The minimum Gasteiger partial charge on any atom is -0.496 e. The number of ether oxygens (including phenoxy) is 3. The van der Waals surface area contributed by atoms with Gasteiger partial charge < -0.3 is 18.8 Å². The molecule has 3 rings (SSSR count). The van der Waals surface area contributed by atoms with Gasteiger partial charge in [0.15, 0.2) is 0 Å². The van der Waals surface area contributed by atoms with Gasteiger partial charge in [0.2, 0.25) is 0 Å². The molecule has 130 valence electrons. The van der Waals surface area contributed by atoms with Crippen molar-refractivity contribution in [1.82, 2.24) is 9.55 Å². The van der Waals surface area contributed by atoms with Crippen molar-refractivity contribution in [3.8, 4) is 5.75 Å². The van der Waals surface area contributed by atoms with Gasteiger partial charge in [-0.1, -0.05) is 6.07 Å². The number of benzene rings is 1. The average molecular weight is 342 g/mol. The Bertz CT molecular complexity index is 815. The molecule has 1 aliphatic rings. The fourth-order valence-corrected chi connectivity index (χ4v) is 2.53. The molecule has 0 radical (unpaired) electrons. The lowest BCUT2D eigenvalue weighted by atomic mass is 10.1. The highest BCUT2D eigenvalue weighted by Crippen LogP contribution is 2.26. The monoisotopic (exact) mass is 342 g/mol. The Kier molecular flexibility index (Phi) is 4.31. The minimum absolute atomic E-state index is 0.141. The summed E-state index contributed by atoms with van der Waals surface area (Å²) in [6.07, 6.45) is 6.68. The van der Waals surface area contributed by atoms with Gasteiger partial charge in [0.1, 0.15) is 11.3 Å². The van der Waals surface area contributed by atoms with E-state index in [0.29, 0.717) is 17.9 Å². The third kappa shape index (κ3) is 3.71. The van der Waals surface area contributed by atoms with E-state index in [4.69, 9.17) is 14.2 Å². The SMILES string of the molecule is COc1ccc(C=C2C(=O)OC(C)(C)OC2=O)cc1Cn1ccnc1. The first-order chi connectivity index (χ1) is 11.9. The van der Waals surface area contributed by atoms with Crippen LogP contribution in [-0.2, 0) is 25.6 Å². The van der Waals surface area contributed by atoms with Crippen molar-refractivity contribution in [2.24, 2.45) is 0 Å². The van der Waals surface area contributed by atoms with Crippen molar-refractivity contribution in [3.05, 3.63) is 53.6 Å². The lowest BCUT2D eigenvalue weighted by Gasteiger charge is -2.29. The van der Waals surface area contributed by atoms with Crippen molar-refractivity contribution >= 4 is 18.0 Å². The molecule has 7 heteroatoms. The number of cyclic esters (lactones) is 2. The summed E-state index contributed by atoms with van der Waals surface area (Å²) in [7, 11) is 1.59. The van der Waals surface area contributed by atoms with E-state index < -0.39 is 17.7 Å². The second-order valence-corrected chi connectivity index (χ2v) is 6.04. The van der Waals surface area contributed by atoms with Gasteiger partial charge in [-0.3, -0.25) is 0 Å². The van der Waals surface area contributed by atoms with Crippen LogP contribution >= 0.6 is 0 Å². The smallest absolute Gasteiger partial charge is 0.348 e. The fraction of sp³-hybridized carbons (Fsp3) is 0.278. The van der Waals surface area contributed by atoms with Gasteiger partial charge in [-0.25, -0.2) is 14.6 Å². The van der Waals surface area contributed by atoms with Gasteiger partial charge in [0, 0.05) is 31.8 Å². The summed E-state index contributed by atoms with van der Waals surface area (Å²) in [5.74, 6) is -1.95. The largest absolute Gasteiger partial charge is 0.496 e. The molecule has 7 nitrogen and oxygen atoms in total. The van der Waals surface area contributed by atoms with E-state index >= 15 is 0 Å². The maximum atomic E-state index is 12.1. The molecular formula is C18H18N2O5. The molecule has 2 heterocycles. The summed E-state index contributed by atoms with van der Waals surface area (Å²) in [5, 5.41) is 0. The van der Waals surface area contributed by atoms with Crippen LogP contribution in [0.25, 0.3) is 6.08 Å². The zero-order chi connectivity index (χ0) is 18.0. The molecule has 1 aromatic carbocycles. The highest BCUT2D eigenvalue weighted by molar-refractivity contribution is 6.18. The molecule has 25 heavy (non-hydrogen) atoms. The van der Waals surface area contributed by atoms with Crippen molar-refractivity contribution in [2.75, 3.05) is 7.11 Å². The number of imidazole rings is 1. The lowest BCUT2D eigenvalue weighted by Crippen LogP contribution is -2.41. The zero-order valence-electron chi connectivity index (χ0n) is 14.2. The standard InChI is InChI=1S/C18H18N2O5/c1-18(2)24-16(21)14(17(22)25-18)9-12-4-5-15(23-3)13(8-12)10-20-7-6-19-11-20/h4-9,11H,10H2,1-3H3. The van der Waals surface area contributed by atoms with Gasteiger partial charge in [-0.15, -0.1) is 0 Å². The van der Waals surface area contributed by atoms with E-state index in [9.17, 15) is 9.59 Å². The van der Waals surface area contributed by atoms with Crippen LogP contribution in [0.5, 0.6) is 5.75 Å². The van der Waals surface area contributed by atoms with Gasteiger partial charge in [0.05, 0.1) is 20.0 Å². The Morgan fingerprint density at radius 1 is 1.24 bits per heavy atom. The number of carbonyl (C=O) groups is 2. The van der Waals surface area contributed by atoms with E-state index in [1.165, 1.54) is 19.9 Å². The average Bonchev–Trinajstić information content (AvgIpc) is 3.03. The molecule has 0 unspecified atom stereocenters. The summed E-state index contributed by atoms with van der Waals surface area (Å²) in [6.45, 7) is 3.56. The predicted octanol–water partition coefficient (Wildman–Crippen LogP) is 2.16. The van der Waals surface area contributed by atoms with Crippen molar-refractivity contribution < 1.29 is 23.8 Å². The van der Waals surface area contributed by atoms with Crippen LogP contribution in [0.3, 0.4) is 0 Å². The van der Waals surface area contributed by atoms with Crippen molar-refractivity contribution in [2.45, 2.75) is 26.2 Å². The molecule has 0 spiro atoms. The van der Waals surface area contributed by atoms with Crippen LogP contribution in [0.15, 0.2) is 42.5 Å². The lowest BCUT2D eigenvalue weighted by molar-refractivity contribution is -0.222. The van der Waals surface area contributed by atoms with E-state index in [0.717, 1.165) is 5.56 Å². The quantitative estimate of drug-likeness (QED) is 0.481. The zero-order valence-corrected chi connectivity index (χ0v) is 14.2. The Morgan fingerprint density at radius 2 is 1.96 bits per heavy atom. The molecule has 0 N–H and O–H groups in total. The van der Waals surface area contributed by atoms with Crippen LogP contribution in [0, 0.1) is 0 Å². The van der Waals surface area contributed by atoms with Gasteiger partial charge in [-0.2, -0.15) is 0 Å². The van der Waals surface area contributed by atoms with E-state index in [2.05, 4.69) is 4.98 Å². The summed E-state index contributed by atoms with van der Waals surface area (Å²) in [4.78, 5) is 28.1. The number of esters is 2. The number of rotatable bonds is 4. The number of methoxy groups -OCH3 is 1. The molecule has 0 amide bonds. The van der Waals surface area contributed by atoms with Crippen molar-refractivity contribution in [1.29, 1.82) is 0 Å². The van der Waals surface area contributed by atoms with Crippen molar-refractivity contribution in [3.63, 3.8) is 0 Å². The normalized spacial score (nSPS) is 16.2. The Hall–Kier alpha value is -3.09. The highest BCUT2D eigenvalue weighted by Gasteiger charge is 2.38. The van der Waals surface area contributed by atoms with Gasteiger partial charge >= 0.3 is 11.9 Å². The summed E-state index contributed by atoms with van der Waals surface area (Å²) in [6, 6.07) is 5.37. The molecule has 1 fully saturated rings. The number of nitrogens with zero attached hydrogens (tertiary/aromatic N) is 2. The predicted molar refractivity (Wildman–Crippen MR) is 88.6 cm³/mol. The Morgan fingerprint density at radius 3 is 2.56 bits per heavy atom. The first-order valence-corrected chi connectivity index (χ1v) is 7.69. The van der Waals surface area contributed by atoms with Gasteiger partial charge in [0.25, 0.3) is 5.79 Å². The van der Waals surface area contributed by atoms with E-state index in [1.54, 1.807) is 31.8 Å². The topological polar surface area (TPSA) is 79.7 Å². The molecular weight excluding hydrogens is 324 g/mol. The van der Waals surface area contributed by atoms with Crippen LogP contribution < -0.4 is 4.74 Å². The summed E-state index contributed by atoms with van der Waals surface area (Å²) >= 11 is 0. The molecule has 0 atom stereocenters. The number of carbonyl (C=O) groups excluding carboxylic acids is 2. The second kappa shape index (κ2) is 6.43. The first-order valence-electron chi connectivity index (χ1n) is 7.69. The highest BCUT2D eigenvalue weighted by atomic mass is 16.7. The Labute approximate surface area is 144 Å². The maximum absolute atomic E-state index is 12.1. The third-order valence-corrected chi connectivity index (χ3v) is 3.64. The van der Waals surface area contributed by atoms with Crippen LogP contribution in [-0.4, -0.2) is 34.4 Å². The number of hydrogen-bond acceptors (Lipinski definition) is 6. The van der Waals surface area contributed by atoms with Gasteiger partial charge in [-0.05, 0) is 23.8 Å². The molecule has 0 saturated carbocycles. The number of aromatic nitrogens is 2. The fourth-order valence-electron chi connectivity index (χ4n) is 2.53. The molecule has 0 aliphatic carbocycles. The number of hydrogen-bond donors (Lipinski definition) is 0. The molecule has 1 aromatic heterocycles. The molecule has 1 aliphatic heterocycles. The summed E-state index contributed by atoms with van der Waals surface area (Å²) < 4.78 is 17.5. The van der Waals surface area contributed by atoms with Crippen LogP contribution in [0.1, 0.15) is 25.0 Å².